The van der Waals surface area contributed by atoms with Crippen molar-refractivity contribution in [1.29, 1.82) is 0 Å². The molecular weight excluding hydrogens is 609 g/mol. The first-order valence-electron chi connectivity index (χ1n) is 18.7. The van der Waals surface area contributed by atoms with E-state index in [-0.39, 0.29) is 18.3 Å². The number of hydrogen-bond acceptors (Lipinski definition) is 6. The van der Waals surface area contributed by atoms with E-state index in [1.54, 1.807) is 0 Å². The maximum absolute atomic E-state index is 7.20. The SMILES string of the molecule is CC(C)[Si](OC[C@@H]1CCC[C@]2(O1)O[C@H](c1ccccc1)CO[C@@]21CCC[C@@H](CO[Si](C(C)C)(C(C)C)C(C)C)O1)(C(C)C)C(C)C. The molecule has 0 amide bonds. The van der Waals surface area contributed by atoms with Crippen LogP contribution in [0.4, 0.5) is 0 Å². The van der Waals surface area contributed by atoms with Gasteiger partial charge in [-0.15, -0.1) is 0 Å². The van der Waals surface area contributed by atoms with Gasteiger partial charge in [0.15, 0.2) is 16.6 Å². The van der Waals surface area contributed by atoms with Gasteiger partial charge >= 0.3 is 0 Å². The number of benzene rings is 1. The molecule has 0 saturated carbocycles. The van der Waals surface area contributed by atoms with Crippen molar-refractivity contribution in [2.24, 2.45) is 0 Å². The van der Waals surface area contributed by atoms with Gasteiger partial charge in [-0.2, -0.15) is 0 Å². The highest BCUT2D eigenvalue weighted by molar-refractivity contribution is 6.78. The van der Waals surface area contributed by atoms with Gasteiger partial charge in [0.05, 0.1) is 32.0 Å². The summed E-state index contributed by atoms with van der Waals surface area (Å²) in [6.07, 6.45) is 5.02. The van der Waals surface area contributed by atoms with E-state index >= 15 is 0 Å². The van der Waals surface area contributed by atoms with Crippen molar-refractivity contribution in [3.8, 4) is 0 Å². The lowest BCUT2D eigenvalue weighted by Gasteiger charge is -2.58. The first kappa shape index (κ1) is 38.2. The van der Waals surface area contributed by atoms with Crippen molar-refractivity contribution in [3.63, 3.8) is 0 Å². The van der Waals surface area contributed by atoms with Gasteiger partial charge < -0.3 is 27.8 Å². The Kier molecular flexibility index (Phi) is 12.9. The van der Waals surface area contributed by atoms with E-state index in [0.717, 1.165) is 44.1 Å². The zero-order valence-corrected chi connectivity index (χ0v) is 33.4. The first-order valence-corrected chi connectivity index (χ1v) is 22.9. The molecular formula is C38H68O6Si2. The van der Waals surface area contributed by atoms with Crippen LogP contribution >= 0.6 is 0 Å². The Morgan fingerprint density at radius 2 is 1.02 bits per heavy atom. The molecule has 264 valence electrons. The van der Waals surface area contributed by atoms with Crippen molar-refractivity contribution in [2.75, 3.05) is 19.8 Å². The van der Waals surface area contributed by atoms with Crippen molar-refractivity contribution >= 4 is 16.6 Å². The third kappa shape index (κ3) is 7.30. The van der Waals surface area contributed by atoms with Crippen LogP contribution in [0.15, 0.2) is 30.3 Å². The summed E-state index contributed by atoms with van der Waals surface area (Å²) in [5.41, 5.74) is 4.26. The lowest BCUT2D eigenvalue weighted by atomic mass is 9.86. The topological polar surface area (TPSA) is 55.4 Å². The van der Waals surface area contributed by atoms with Crippen LogP contribution < -0.4 is 0 Å². The molecule has 0 aliphatic carbocycles. The Bertz CT molecular complexity index is 1030. The van der Waals surface area contributed by atoms with Gasteiger partial charge in [-0.05, 0) is 64.5 Å². The second-order valence-electron chi connectivity index (χ2n) is 16.4. The zero-order valence-electron chi connectivity index (χ0n) is 31.4. The lowest BCUT2D eigenvalue weighted by molar-refractivity contribution is -0.484. The summed E-state index contributed by atoms with van der Waals surface area (Å²) in [6, 6.07) is 10.4. The van der Waals surface area contributed by atoms with E-state index in [9.17, 15) is 0 Å². The molecule has 3 fully saturated rings. The Morgan fingerprint density at radius 3 is 1.46 bits per heavy atom. The van der Waals surface area contributed by atoms with Gasteiger partial charge in [-0.1, -0.05) is 113 Å². The van der Waals surface area contributed by atoms with Gasteiger partial charge in [-0.3, -0.25) is 0 Å². The van der Waals surface area contributed by atoms with Crippen molar-refractivity contribution < 1.29 is 27.8 Å². The molecule has 0 unspecified atom stereocenters. The van der Waals surface area contributed by atoms with E-state index in [1.807, 2.05) is 6.07 Å². The van der Waals surface area contributed by atoms with Crippen LogP contribution in [-0.2, 0) is 27.8 Å². The quantitative estimate of drug-likeness (QED) is 0.194. The number of ether oxygens (including phenoxy) is 4. The number of hydrogen-bond donors (Lipinski definition) is 0. The van der Waals surface area contributed by atoms with Crippen LogP contribution in [0.5, 0.6) is 0 Å². The van der Waals surface area contributed by atoms with Crippen LogP contribution in [0.1, 0.15) is 133 Å². The lowest BCUT2D eigenvalue weighted by Crippen LogP contribution is -2.69. The van der Waals surface area contributed by atoms with Crippen LogP contribution in [0.3, 0.4) is 0 Å². The Labute approximate surface area is 284 Å². The predicted octanol–water partition coefficient (Wildman–Crippen LogP) is 10.7. The van der Waals surface area contributed by atoms with Crippen LogP contribution in [0, 0.1) is 0 Å². The van der Waals surface area contributed by atoms with Crippen LogP contribution in [0.25, 0.3) is 0 Å². The second-order valence-corrected chi connectivity index (χ2v) is 27.3. The normalized spacial score (nSPS) is 29.8. The molecule has 0 bridgehead atoms. The minimum atomic E-state index is -2.05. The summed E-state index contributed by atoms with van der Waals surface area (Å²) in [7, 11) is -4.09. The summed E-state index contributed by atoms with van der Waals surface area (Å²) in [4.78, 5) is 0. The average Bonchev–Trinajstić information content (AvgIpc) is 2.99. The molecule has 5 atom stereocenters. The fraction of sp³-hybridized carbons (Fsp3) is 0.842. The third-order valence-corrected chi connectivity index (χ3v) is 23.9. The first-order chi connectivity index (χ1) is 21.7. The summed E-state index contributed by atoms with van der Waals surface area (Å²) in [5, 5.41) is 0. The summed E-state index contributed by atoms with van der Waals surface area (Å²) in [5.74, 6) is -1.97. The molecule has 1 aromatic rings. The molecule has 46 heavy (non-hydrogen) atoms. The monoisotopic (exact) mass is 676 g/mol. The van der Waals surface area contributed by atoms with Crippen molar-refractivity contribution in [2.45, 2.75) is 185 Å². The Morgan fingerprint density at radius 1 is 0.609 bits per heavy atom. The Balaban J connectivity index is 1.62. The molecule has 0 radical (unpaired) electrons. The highest BCUT2D eigenvalue weighted by Gasteiger charge is 2.64. The van der Waals surface area contributed by atoms with Crippen molar-refractivity contribution in [1.82, 2.24) is 0 Å². The molecule has 3 heterocycles. The standard InChI is InChI=1S/C38H68O6Si2/c1-27(2)45(28(3)4,29(5)6)40-24-34-20-16-22-37(42-34)38(44-36(26-39-37)33-18-14-13-15-19-33)23-17-21-35(43-38)25-41-46(30(7)8,31(9)10)32(11)12/h13-15,18-19,27-32,34-36H,16-17,20-26H2,1-12H3/t34-,35-,36-,37+,38-/m0/s1. The van der Waals surface area contributed by atoms with E-state index < -0.39 is 28.2 Å². The summed E-state index contributed by atoms with van der Waals surface area (Å²) >= 11 is 0. The second kappa shape index (κ2) is 15.5. The molecule has 3 aliphatic rings. The minimum Gasteiger partial charge on any atom is -0.413 e. The highest BCUT2D eigenvalue weighted by Crippen LogP contribution is 2.53. The summed E-state index contributed by atoms with van der Waals surface area (Å²) in [6.45, 7) is 29.8. The van der Waals surface area contributed by atoms with Crippen LogP contribution in [-0.4, -0.2) is 60.2 Å². The largest absolute Gasteiger partial charge is 0.413 e. The smallest absolute Gasteiger partial charge is 0.224 e. The van der Waals surface area contributed by atoms with E-state index in [4.69, 9.17) is 27.8 Å². The molecule has 3 saturated heterocycles. The fourth-order valence-corrected chi connectivity index (χ4v) is 20.8. The third-order valence-electron chi connectivity index (χ3n) is 11.8. The van der Waals surface area contributed by atoms with Gasteiger partial charge in [-0.25, -0.2) is 0 Å². The van der Waals surface area contributed by atoms with Crippen LogP contribution in [0.2, 0.25) is 33.2 Å². The molecule has 0 aromatic heterocycles. The predicted molar refractivity (Wildman–Crippen MR) is 193 cm³/mol. The molecule has 8 heteroatoms. The van der Waals surface area contributed by atoms with Gasteiger partial charge in [0, 0.05) is 12.8 Å². The molecule has 0 N–H and O–H groups in total. The van der Waals surface area contributed by atoms with E-state index in [2.05, 4.69) is 107 Å². The maximum Gasteiger partial charge on any atom is 0.224 e. The zero-order chi connectivity index (χ0) is 33.9. The van der Waals surface area contributed by atoms with E-state index in [0.29, 0.717) is 53.1 Å². The number of rotatable bonds is 13. The average molecular weight is 677 g/mol. The molecule has 2 spiro atoms. The highest BCUT2D eigenvalue weighted by atomic mass is 28.4. The van der Waals surface area contributed by atoms with E-state index in [1.165, 1.54) is 0 Å². The number of fused-ring (bicyclic) bond motifs is 1. The van der Waals surface area contributed by atoms with Gasteiger partial charge in [0.2, 0.25) is 11.6 Å². The van der Waals surface area contributed by atoms with Gasteiger partial charge in [0.1, 0.15) is 6.10 Å². The molecule has 3 aliphatic heterocycles. The Hall–Kier alpha value is -0.586. The summed E-state index contributed by atoms with van der Waals surface area (Å²) < 4.78 is 42.6. The van der Waals surface area contributed by atoms with Gasteiger partial charge in [0.25, 0.3) is 0 Å². The van der Waals surface area contributed by atoms with Crippen molar-refractivity contribution in [3.05, 3.63) is 35.9 Å². The minimum absolute atomic E-state index is 0.0614. The maximum atomic E-state index is 7.20. The molecule has 1 aromatic carbocycles. The molecule has 6 nitrogen and oxygen atoms in total. The molecule has 4 rings (SSSR count). The fourth-order valence-electron chi connectivity index (χ4n) is 9.87.